The predicted molar refractivity (Wildman–Crippen MR) is 53.1 cm³/mol. The Morgan fingerprint density at radius 1 is 1.29 bits per heavy atom. The van der Waals surface area contributed by atoms with E-state index >= 15 is 0 Å². The Morgan fingerprint density at radius 3 is 2.71 bits per heavy atom. The van der Waals surface area contributed by atoms with Crippen LogP contribution < -0.4 is 0 Å². The van der Waals surface area contributed by atoms with E-state index in [0.29, 0.717) is 5.69 Å². The first-order valence-corrected chi connectivity index (χ1v) is 4.31. The summed E-state index contributed by atoms with van der Waals surface area (Å²) in [6, 6.07) is 9.56. The number of nitrogens with zero attached hydrogens (tertiary/aromatic N) is 1. The maximum atomic E-state index is 10.5. The highest BCUT2D eigenvalue weighted by Crippen LogP contribution is 2.13. The van der Waals surface area contributed by atoms with Crippen LogP contribution in [0.4, 0.5) is 0 Å². The molecule has 1 aromatic carbocycles. The van der Waals surface area contributed by atoms with Crippen LogP contribution in [0.25, 0.3) is 10.8 Å². The fraction of sp³-hybridized carbons (Fsp3) is 0.0909. The third kappa shape index (κ3) is 1.71. The average Bonchev–Trinajstić information content (AvgIpc) is 2.17. The van der Waals surface area contributed by atoms with Crippen molar-refractivity contribution in [2.75, 3.05) is 0 Å². The number of aromatic nitrogens is 1. The van der Waals surface area contributed by atoms with Crippen molar-refractivity contribution >= 4 is 16.7 Å². The van der Waals surface area contributed by atoms with Crippen LogP contribution in [-0.2, 0) is 11.2 Å². The summed E-state index contributed by atoms with van der Waals surface area (Å²) in [6.45, 7) is 0. The van der Waals surface area contributed by atoms with E-state index in [2.05, 4.69) is 4.98 Å². The first kappa shape index (κ1) is 8.69. The van der Waals surface area contributed by atoms with Gasteiger partial charge in [0.05, 0.1) is 12.1 Å². The molecule has 1 heterocycles. The molecule has 0 fully saturated rings. The molecular formula is C11H9NO2. The number of carboxylic acid groups (broad SMARTS) is 1. The zero-order chi connectivity index (χ0) is 9.97. The lowest BCUT2D eigenvalue weighted by Gasteiger charge is -1.99. The van der Waals surface area contributed by atoms with Crippen LogP contribution in [0.1, 0.15) is 5.69 Å². The number of rotatable bonds is 2. The van der Waals surface area contributed by atoms with Gasteiger partial charge in [-0.05, 0) is 11.5 Å². The minimum Gasteiger partial charge on any atom is -0.481 e. The molecule has 0 atom stereocenters. The quantitative estimate of drug-likeness (QED) is 0.780. The van der Waals surface area contributed by atoms with E-state index in [-0.39, 0.29) is 6.42 Å². The molecule has 1 N–H and O–H groups in total. The monoisotopic (exact) mass is 187 g/mol. The van der Waals surface area contributed by atoms with Crippen LogP contribution in [0.5, 0.6) is 0 Å². The molecule has 2 aromatic rings. The molecule has 0 aliphatic heterocycles. The van der Waals surface area contributed by atoms with Crippen molar-refractivity contribution < 1.29 is 9.90 Å². The Bertz CT molecular complexity index is 479. The van der Waals surface area contributed by atoms with E-state index in [4.69, 9.17) is 5.11 Å². The molecule has 14 heavy (non-hydrogen) atoms. The van der Waals surface area contributed by atoms with Gasteiger partial charge in [0.1, 0.15) is 0 Å². The number of pyridine rings is 1. The zero-order valence-corrected chi connectivity index (χ0v) is 7.47. The van der Waals surface area contributed by atoms with Crippen LogP contribution >= 0.6 is 0 Å². The van der Waals surface area contributed by atoms with Crippen LogP contribution in [0.3, 0.4) is 0 Å². The summed E-state index contributed by atoms with van der Waals surface area (Å²) >= 11 is 0. The molecule has 0 aliphatic rings. The summed E-state index contributed by atoms with van der Waals surface area (Å²) in [7, 11) is 0. The SMILES string of the molecule is O=C(O)Cc1cc2ccccc2cn1. The Morgan fingerprint density at radius 2 is 2.00 bits per heavy atom. The average molecular weight is 187 g/mol. The van der Waals surface area contributed by atoms with Gasteiger partial charge in [-0.25, -0.2) is 0 Å². The Labute approximate surface area is 81.0 Å². The van der Waals surface area contributed by atoms with Crippen LogP contribution in [0.2, 0.25) is 0 Å². The van der Waals surface area contributed by atoms with Gasteiger partial charge in [-0.2, -0.15) is 0 Å². The Balaban J connectivity index is 2.46. The molecule has 0 unspecified atom stereocenters. The van der Waals surface area contributed by atoms with Gasteiger partial charge in [0, 0.05) is 11.6 Å². The molecule has 0 spiro atoms. The lowest BCUT2D eigenvalue weighted by Crippen LogP contribution is -2.01. The second-order valence-corrected chi connectivity index (χ2v) is 3.09. The lowest BCUT2D eigenvalue weighted by molar-refractivity contribution is -0.136. The number of benzene rings is 1. The molecule has 0 saturated heterocycles. The molecule has 2 rings (SSSR count). The highest BCUT2D eigenvalue weighted by Gasteiger charge is 2.02. The number of hydrogen-bond donors (Lipinski definition) is 1. The second kappa shape index (κ2) is 3.46. The molecule has 0 aliphatic carbocycles. The van der Waals surface area contributed by atoms with E-state index in [1.54, 1.807) is 6.20 Å². The largest absolute Gasteiger partial charge is 0.481 e. The van der Waals surface area contributed by atoms with Crippen LogP contribution in [0.15, 0.2) is 36.5 Å². The number of aliphatic carboxylic acids is 1. The topological polar surface area (TPSA) is 50.2 Å². The Kier molecular flexibility index (Phi) is 2.14. The Hall–Kier alpha value is -1.90. The van der Waals surface area contributed by atoms with Crippen LogP contribution in [-0.4, -0.2) is 16.1 Å². The predicted octanol–water partition coefficient (Wildman–Crippen LogP) is 1.86. The normalized spacial score (nSPS) is 10.3. The standard InChI is InChI=1S/C11H9NO2/c13-11(14)6-10-5-8-3-1-2-4-9(8)7-12-10/h1-5,7H,6H2,(H,13,14). The second-order valence-electron chi connectivity index (χ2n) is 3.09. The summed E-state index contributed by atoms with van der Waals surface area (Å²) in [4.78, 5) is 14.5. The molecule has 3 heteroatoms. The van der Waals surface area contributed by atoms with Crippen LogP contribution in [0, 0.1) is 0 Å². The fourth-order valence-corrected chi connectivity index (χ4v) is 1.38. The van der Waals surface area contributed by atoms with Crippen molar-refractivity contribution in [3.8, 4) is 0 Å². The third-order valence-electron chi connectivity index (χ3n) is 2.02. The molecule has 3 nitrogen and oxygen atoms in total. The maximum absolute atomic E-state index is 10.5. The van der Waals surface area contributed by atoms with Crippen molar-refractivity contribution in [1.29, 1.82) is 0 Å². The van der Waals surface area contributed by atoms with Crippen molar-refractivity contribution in [2.24, 2.45) is 0 Å². The molecule has 70 valence electrons. The maximum Gasteiger partial charge on any atom is 0.309 e. The summed E-state index contributed by atoms with van der Waals surface area (Å²) in [5.41, 5.74) is 0.594. The smallest absolute Gasteiger partial charge is 0.309 e. The third-order valence-corrected chi connectivity index (χ3v) is 2.02. The van der Waals surface area contributed by atoms with Crippen molar-refractivity contribution in [3.05, 3.63) is 42.2 Å². The van der Waals surface area contributed by atoms with E-state index in [1.807, 2.05) is 30.3 Å². The number of hydrogen-bond acceptors (Lipinski definition) is 2. The van der Waals surface area contributed by atoms with E-state index in [0.717, 1.165) is 10.8 Å². The van der Waals surface area contributed by atoms with Gasteiger partial charge in [0.15, 0.2) is 0 Å². The van der Waals surface area contributed by atoms with E-state index in [9.17, 15) is 4.79 Å². The molecule has 0 radical (unpaired) electrons. The highest BCUT2D eigenvalue weighted by molar-refractivity contribution is 5.82. The fourth-order valence-electron chi connectivity index (χ4n) is 1.38. The summed E-state index contributed by atoms with van der Waals surface area (Å²) in [5.74, 6) is -0.854. The summed E-state index contributed by atoms with van der Waals surface area (Å²) in [5, 5.41) is 10.7. The molecule has 0 bridgehead atoms. The number of fused-ring (bicyclic) bond motifs is 1. The zero-order valence-electron chi connectivity index (χ0n) is 7.47. The van der Waals surface area contributed by atoms with Gasteiger partial charge in [0.2, 0.25) is 0 Å². The minimum atomic E-state index is -0.854. The van der Waals surface area contributed by atoms with Crippen molar-refractivity contribution in [3.63, 3.8) is 0 Å². The van der Waals surface area contributed by atoms with Crippen molar-refractivity contribution in [1.82, 2.24) is 4.98 Å². The van der Waals surface area contributed by atoms with Gasteiger partial charge in [-0.15, -0.1) is 0 Å². The van der Waals surface area contributed by atoms with Gasteiger partial charge in [0.25, 0.3) is 0 Å². The lowest BCUT2D eigenvalue weighted by atomic mass is 10.1. The minimum absolute atomic E-state index is 0.0230. The number of carbonyl (C=O) groups is 1. The highest BCUT2D eigenvalue weighted by atomic mass is 16.4. The first-order chi connectivity index (χ1) is 6.75. The van der Waals surface area contributed by atoms with Crippen molar-refractivity contribution in [2.45, 2.75) is 6.42 Å². The van der Waals surface area contributed by atoms with E-state index < -0.39 is 5.97 Å². The van der Waals surface area contributed by atoms with Gasteiger partial charge in [-0.3, -0.25) is 9.78 Å². The molecule has 1 aromatic heterocycles. The van der Waals surface area contributed by atoms with Gasteiger partial charge in [-0.1, -0.05) is 24.3 Å². The molecule has 0 amide bonds. The molecular weight excluding hydrogens is 178 g/mol. The van der Waals surface area contributed by atoms with E-state index in [1.165, 1.54) is 0 Å². The first-order valence-electron chi connectivity index (χ1n) is 4.31. The van der Waals surface area contributed by atoms with Gasteiger partial charge < -0.3 is 5.11 Å². The molecule has 0 saturated carbocycles. The number of carboxylic acids is 1. The summed E-state index contributed by atoms with van der Waals surface area (Å²) in [6.07, 6.45) is 1.68. The summed E-state index contributed by atoms with van der Waals surface area (Å²) < 4.78 is 0. The van der Waals surface area contributed by atoms with Gasteiger partial charge >= 0.3 is 5.97 Å².